The van der Waals surface area contributed by atoms with Gasteiger partial charge in [0.25, 0.3) is 5.89 Å². The molecule has 0 aliphatic heterocycles. The molecule has 4 aromatic rings. The largest absolute Gasteiger partial charge is 0.334 e. The van der Waals surface area contributed by atoms with Crippen LogP contribution >= 0.6 is 11.6 Å². The zero-order valence-corrected chi connectivity index (χ0v) is 13.9. The molecule has 2 aromatic carbocycles. The van der Waals surface area contributed by atoms with E-state index in [1.54, 1.807) is 16.9 Å². The molecule has 0 spiro atoms. The minimum atomic E-state index is -0.492. The van der Waals surface area contributed by atoms with E-state index in [2.05, 4.69) is 15.2 Å². The highest BCUT2D eigenvalue weighted by atomic mass is 35.5. The molecule has 0 fully saturated rings. The fourth-order valence-electron chi connectivity index (χ4n) is 2.56. The quantitative estimate of drug-likeness (QED) is 0.539. The lowest BCUT2D eigenvalue weighted by Gasteiger charge is -2.03. The van der Waals surface area contributed by atoms with Crippen molar-refractivity contribution in [1.82, 2.24) is 19.9 Å². The SMILES string of the molecule is Cn1nccc1-c1cccc(-c2noc(-c3ccc(F)c(Cl)c3)n2)c1. The number of halogens is 2. The van der Waals surface area contributed by atoms with Crippen molar-refractivity contribution in [3.63, 3.8) is 0 Å². The number of nitrogens with zero attached hydrogens (tertiary/aromatic N) is 4. The van der Waals surface area contributed by atoms with Gasteiger partial charge in [0.1, 0.15) is 5.82 Å². The minimum absolute atomic E-state index is 0.00968. The lowest BCUT2D eigenvalue weighted by atomic mass is 10.1. The van der Waals surface area contributed by atoms with E-state index < -0.39 is 5.82 Å². The Balaban J connectivity index is 1.71. The first-order valence-corrected chi connectivity index (χ1v) is 7.87. The van der Waals surface area contributed by atoms with Crippen LogP contribution in [-0.4, -0.2) is 19.9 Å². The molecule has 0 amide bonds. The standard InChI is InChI=1S/C18H12ClFN4O/c1-24-16(7-8-21-24)11-3-2-4-12(9-11)17-22-18(25-23-17)13-5-6-15(20)14(19)10-13/h2-10H,1H3. The predicted octanol–water partition coefficient (Wildman–Crippen LogP) is 4.60. The molecule has 0 saturated heterocycles. The summed E-state index contributed by atoms with van der Waals surface area (Å²) < 4.78 is 20.4. The summed E-state index contributed by atoms with van der Waals surface area (Å²) in [4.78, 5) is 4.39. The first-order chi connectivity index (χ1) is 12.1. The summed E-state index contributed by atoms with van der Waals surface area (Å²) >= 11 is 5.81. The van der Waals surface area contributed by atoms with Crippen LogP contribution in [0.1, 0.15) is 0 Å². The third-order valence-electron chi connectivity index (χ3n) is 3.83. The second kappa shape index (κ2) is 6.14. The molecule has 0 bridgehead atoms. The van der Waals surface area contributed by atoms with Gasteiger partial charge >= 0.3 is 0 Å². The van der Waals surface area contributed by atoms with Crippen molar-refractivity contribution in [2.75, 3.05) is 0 Å². The molecule has 0 saturated carbocycles. The maximum Gasteiger partial charge on any atom is 0.258 e. The molecular formula is C18H12ClFN4O. The van der Waals surface area contributed by atoms with Crippen LogP contribution in [0.3, 0.4) is 0 Å². The van der Waals surface area contributed by atoms with Crippen LogP contribution in [-0.2, 0) is 7.05 Å². The van der Waals surface area contributed by atoms with Crippen LogP contribution in [0.25, 0.3) is 34.1 Å². The Kier molecular flexibility index (Phi) is 3.82. The number of aryl methyl sites for hydroxylation is 1. The first kappa shape index (κ1) is 15.5. The van der Waals surface area contributed by atoms with Crippen molar-refractivity contribution < 1.29 is 8.91 Å². The van der Waals surface area contributed by atoms with E-state index in [4.69, 9.17) is 16.1 Å². The fraction of sp³-hybridized carbons (Fsp3) is 0.0556. The van der Waals surface area contributed by atoms with E-state index in [1.807, 2.05) is 37.4 Å². The van der Waals surface area contributed by atoms with Crippen molar-refractivity contribution in [3.8, 4) is 34.1 Å². The van der Waals surface area contributed by atoms with Gasteiger partial charge in [-0.3, -0.25) is 4.68 Å². The van der Waals surface area contributed by atoms with E-state index in [1.165, 1.54) is 12.1 Å². The second-order valence-corrected chi connectivity index (χ2v) is 5.88. The summed E-state index contributed by atoms with van der Waals surface area (Å²) in [6.45, 7) is 0. The molecule has 7 heteroatoms. The lowest BCUT2D eigenvalue weighted by Crippen LogP contribution is -1.93. The number of rotatable bonds is 3. The van der Waals surface area contributed by atoms with E-state index in [0.717, 1.165) is 16.8 Å². The van der Waals surface area contributed by atoms with E-state index >= 15 is 0 Å². The lowest BCUT2D eigenvalue weighted by molar-refractivity contribution is 0.432. The zero-order chi connectivity index (χ0) is 17.4. The summed E-state index contributed by atoms with van der Waals surface area (Å²) in [5.41, 5.74) is 3.35. The smallest absolute Gasteiger partial charge is 0.258 e. The average molecular weight is 355 g/mol. The normalized spacial score (nSPS) is 11.0. The van der Waals surface area contributed by atoms with Gasteiger partial charge in [-0.2, -0.15) is 10.1 Å². The molecule has 124 valence electrons. The Morgan fingerprint density at radius 2 is 1.88 bits per heavy atom. The fourth-order valence-corrected chi connectivity index (χ4v) is 2.74. The molecule has 0 aliphatic rings. The number of aromatic nitrogens is 4. The molecule has 0 radical (unpaired) electrons. The summed E-state index contributed by atoms with van der Waals surface area (Å²) in [7, 11) is 1.88. The number of hydrogen-bond donors (Lipinski definition) is 0. The molecule has 25 heavy (non-hydrogen) atoms. The monoisotopic (exact) mass is 354 g/mol. The molecule has 0 N–H and O–H groups in total. The summed E-state index contributed by atoms with van der Waals surface area (Å²) in [5.74, 6) is 0.233. The van der Waals surface area contributed by atoms with E-state index in [9.17, 15) is 4.39 Å². The molecule has 0 aliphatic carbocycles. The van der Waals surface area contributed by atoms with E-state index in [-0.39, 0.29) is 10.9 Å². The van der Waals surface area contributed by atoms with Crippen molar-refractivity contribution >= 4 is 11.6 Å². The van der Waals surface area contributed by atoms with Gasteiger partial charge in [-0.05, 0) is 30.3 Å². The average Bonchev–Trinajstić information content (AvgIpc) is 3.27. The summed E-state index contributed by atoms with van der Waals surface area (Å²) in [5, 5.41) is 8.20. The number of hydrogen-bond acceptors (Lipinski definition) is 4. The highest BCUT2D eigenvalue weighted by Crippen LogP contribution is 2.28. The van der Waals surface area contributed by atoms with Gasteiger partial charge in [-0.15, -0.1) is 0 Å². The Labute approximate surface area is 147 Å². The van der Waals surface area contributed by atoms with Gasteiger partial charge in [0.05, 0.1) is 10.7 Å². The van der Waals surface area contributed by atoms with Gasteiger partial charge < -0.3 is 4.52 Å². The van der Waals surface area contributed by atoms with Gasteiger partial charge in [-0.1, -0.05) is 35.0 Å². The molecule has 4 rings (SSSR count). The minimum Gasteiger partial charge on any atom is -0.334 e. The van der Waals surface area contributed by atoms with Crippen LogP contribution in [0.2, 0.25) is 5.02 Å². The van der Waals surface area contributed by atoms with Crippen LogP contribution in [0.5, 0.6) is 0 Å². The maximum atomic E-state index is 13.3. The Morgan fingerprint density at radius 1 is 1.04 bits per heavy atom. The summed E-state index contributed by atoms with van der Waals surface area (Å²) in [6, 6.07) is 14.0. The molecule has 0 unspecified atom stereocenters. The molecule has 0 atom stereocenters. The maximum absolute atomic E-state index is 13.3. The van der Waals surface area contributed by atoms with Crippen LogP contribution in [0, 0.1) is 5.82 Å². The second-order valence-electron chi connectivity index (χ2n) is 5.47. The van der Waals surface area contributed by atoms with Crippen molar-refractivity contribution in [1.29, 1.82) is 0 Å². The van der Waals surface area contributed by atoms with Crippen LogP contribution in [0.15, 0.2) is 59.3 Å². The van der Waals surface area contributed by atoms with Gasteiger partial charge in [0.15, 0.2) is 0 Å². The highest BCUT2D eigenvalue weighted by molar-refractivity contribution is 6.31. The Bertz CT molecular complexity index is 1060. The Hall–Kier alpha value is -2.99. The van der Waals surface area contributed by atoms with Crippen molar-refractivity contribution in [2.24, 2.45) is 7.05 Å². The number of benzene rings is 2. The van der Waals surface area contributed by atoms with E-state index in [0.29, 0.717) is 11.4 Å². The molecule has 5 nitrogen and oxygen atoms in total. The third kappa shape index (κ3) is 2.92. The topological polar surface area (TPSA) is 56.7 Å². The van der Waals surface area contributed by atoms with Crippen LogP contribution < -0.4 is 0 Å². The first-order valence-electron chi connectivity index (χ1n) is 7.50. The molecular weight excluding hydrogens is 343 g/mol. The third-order valence-corrected chi connectivity index (χ3v) is 4.12. The highest BCUT2D eigenvalue weighted by Gasteiger charge is 2.13. The zero-order valence-electron chi connectivity index (χ0n) is 13.1. The summed E-state index contributed by atoms with van der Waals surface area (Å²) in [6.07, 6.45) is 1.74. The van der Waals surface area contributed by atoms with Crippen molar-refractivity contribution in [3.05, 3.63) is 65.6 Å². The Morgan fingerprint density at radius 3 is 2.64 bits per heavy atom. The van der Waals surface area contributed by atoms with Gasteiger partial charge in [0.2, 0.25) is 5.82 Å². The van der Waals surface area contributed by atoms with Gasteiger partial charge in [0, 0.05) is 29.9 Å². The van der Waals surface area contributed by atoms with Gasteiger partial charge in [-0.25, -0.2) is 4.39 Å². The molecule has 2 aromatic heterocycles. The van der Waals surface area contributed by atoms with Crippen LogP contribution in [0.4, 0.5) is 4.39 Å². The predicted molar refractivity (Wildman–Crippen MR) is 92.3 cm³/mol. The molecule has 2 heterocycles. The van der Waals surface area contributed by atoms with Crippen molar-refractivity contribution in [2.45, 2.75) is 0 Å².